The number of benzene rings is 1. The van der Waals surface area contributed by atoms with Crippen LogP contribution < -0.4 is 5.73 Å². The molecule has 1 unspecified atom stereocenters. The maximum absolute atomic E-state index is 12.6. The van der Waals surface area contributed by atoms with E-state index in [4.69, 9.17) is 10.5 Å². The Balaban J connectivity index is 2.42. The highest BCUT2D eigenvalue weighted by atomic mass is 32.2. The van der Waals surface area contributed by atoms with Gasteiger partial charge in [0.2, 0.25) is 10.0 Å². The second-order valence-electron chi connectivity index (χ2n) is 4.85. The van der Waals surface area contributed by atoms with Crippen molar-refractivity contribution in [2.24, 2.45) is 0 Å². The predicted octanol–water partition coefficient (Wildman–Crippen LogP) is 0.977. The number of anilines is 1. The van der Waals surface area contributed by atoms with Crippen molar-refractivity contribution in [1.29, 1.82) is 0 Å². The minimum atomic E-state index is -3.94. The van der Waals surface area contributed by atoms with Gasteiger partial charge in [-0.3, -0.25) is 10.1 Å². The van der Waals surface area contributed by atoms with Gasteiger partial charge in [0.05, 0.1) is 11.0 Å². The fourth-order valence-electron chi connectivity index (χ4n) is 2.35. The van der Waals surface area contributed by atoms with E-state index in [1.807, 2.05) is 0 Å². The van der Waals surface area contributed by atoms with Crippen molar-refractivity contribution in [1.82, 2.24) is 4.31 Å². The lowest BCUT2D eigenvalue weighted by Crippen LogP contribution is -2.42. The van der Waals surface area contributed by atoms with Crippen LogP contribution in [-0.2, 0) is 14.8 Å². The molecule has 0 spiro atoms. The van der Waals surface area contributed by atoms with E-state index in [1.165, 1.54) is 23.5 Å². The number of piperidine rings is 1. The molecule has 2 rings (SSSR count). The number of nitro groups is 1. The Bertz CT molecular complexity index is 646. The van der Waals surface area contributed by atoms with Crippen molar-refractivity contribution in [2.45, 2.75) is 23.8 Å². The Hall–Kier alpha value is -1.71. The molecule has 8 nitrogen and oxygen atoms in total. The molecule has 1 aliphatic rings. The summed E-state index contributed by atoms with van der Waals surface area (Å²) in [6.07, 6.45) is 1.23. The fourth-order valence-corrected chi connectivity index (χ4v) is 4.00. The van der Waals surface area contributed by atoms with Gasteiger partial charge in [-0.15, -0.1) is 0 Å². The number of rotatable bonds is 4. The van der Waals surface area contributed by atoms with Crippen molar-refractivity contribution >= 4 is 21.4 Å². The summed E-state index contributed by atoms with van der Waals surface area (Å²) < 4.78 is 31.6. The van der Waals surface area contributed by atoms with Crippen LogP contribution in [0.15, 0.2) is 23.1 Å². The van der Waals surface area contributed by atoms with Gasteiger partial charge in [-0.1, -0.05) is 0 Å². The zero-order valence-corrected chi connectivity index (χ0v) is 12.4. The third-order valence-corrected chi connectivity index (χ3v) is 5.38. The molecule has 116 valence electrons. The van der Waals surface area contributed by atoms with E-state index < -0.39 is 20.6 Å². The zero-order chi connectivity index (χ0) is 15.6. The number of ether oxygens (including phenoxy) is 1. The Labute approximate surface area is 122 Å². The van der Waals surface area contributed by atoms with Gasteiger partial charge in [0, 0.05) is 32.0 Å². The highest BCUT2D eigenvalue weighted by Crippen LogP contribution is 2.30. The molecule has 21 heavy (non-hydrogen) atoms. The summed E-state index contributed by atoms with van der Waals surface area (Å²) in [6.45, 7) is 0.518. The van der Waals surface area contributed by atoms with Crippen LogP contribution in [-0.4, -0.2) is 43.9 Å². The van der Waals surface area contributed by atoms with Gasteiger partial charge in [-0.2, -0.15) is 4.31 Å². The molecule has 1 atom stereocenters. The molecule has 2 N–H and O–H groups in total. The van der Waals surface area contributed by atoms with Gasteiger partial charge in [0.15, 0.2) is 4.90 Å². The Kier molecular flexibility index (Phi) is 4.45. The summed E-state index contributed by atoms with van der Waals surface area (Å²) in [5, 5.41) is 11.1. The molecule has 1 fully saturated rings. The molecule has 1 heterocycles. The number of nitro benzene ring substituents is 1. The first-order valence-electron chi connectivity index (χ1n) is 6.43. The average Bonchev–Trinajstić information content (AvgIpc) is 2.46. The molecule has 1 aromatic rings. The van der Waals surface area contributed by atoms with Gasteiger partial charge in [0.1, 0.15) is 0 Å². The summed E-state index contributed by atoms with van der Waals surface area (Å²) in [5.41, 5.74) is 5.14. The van der Waals surface area contributed by atoms with Crippen LogP contribution in [0.4, 0.5) is 11.4 Å². The van der Waals surface area contributed by atoms with Gasteiger partial charge in [-0.25, -0.2) is 8.42 Å². The SMILES string of the molecule is COC1CCCN(S(=O)(=O)c2ccc(N)cc2[N+](=O)[O-])C1. The summed E-state index contributed by atoms with van der Waals surface area (Å²) in [4.78, 5) is 10.00. The Morgan fingerprint density at radius 1 is 1.48 bits per heavy atom. The van der Waals surface area contributed by atoms with Crippen molar-refractivity contribution in [3.63, 3.8) is 0 Å². The van der Waals surface area contributed by atoms with Crippen LogP contribution in [0.1, 0.15) is 12.8 Å². The third-order valence-electron chi connectivity index (χ3n) is 3.47. The van der Waals surface area contributed by atoms with E-state index in [9.17, 15) is 18.5 Å². The third kappa shape index (κ3) is 3.14. The van der Waals surface area contributed by atoms with Gasteiger partial charge in [0.25, 0.3) is 5.69 Å². The van der Waals surface area contributed by atoms with Crippen LogP contribution in [0.3, 0.4) is 0 Å². The molecule has 9 heteroatoms. The number of nitrogens with two attached hydrogens (primary N) is 1. The molecule has 1 saturated heterocycles. The van der Waals surface area contributed by atoms with Gasteiger partial charge >= 0.3 is 0 Å². The van der Waals surface area contributed by atoms with Crippen LogP contribution in [0.25, 0.3) is 0 Å². The normalized spacial score (nSPS) is 20.3. The first kappa shape index (κ1) is 15.7. The largest absolute Gasteiger partial charge is 0.399 e. The predicted molar refractivity (Wildman–Crippen MR) is 76.3 cm³/mol. The molecule has 0 amide bonds. The number of hydrogen-bond donors (Lipinski definition) is 1. The minimum absolute atomic E-state index is 0.147. The molecule has 0 radical (unpaired) electrons. The molecular formula is C12H17N3O5S. The maximum atomic E-state index is 12.6. The van der Waals surface area contributed by atoms with E-state index in [0.717, 1.165) is 12.5 Å². The number of sulfonamides is 1. The van der Waals surface area contributed by atoms with Crippen molar-refractivity contribution < 1.29 is 18.1 Å². The number of nitrogen functional groups attached to an aromatic ring is 1. The average molecular weight is 315 g/mol. The number of nitrogens with zero attached hydrogens (tertiary/aromatic N) is 2. The monoisotopic (exact) mass is 315 g/mol. The van der Waals surface area contributed by atoms with E-state index in [2.05, 4.69) is 0 Å². The lowest BCUT2D eigenvalue weighted by molar-refractivity contribution is -0.387. The first-order chi connectivity index (χ1) is 9.86. The van der Waals surface area contributed by atoms with Crippen LogP contribution in [0, 0.1) is 10.1 Å². The van der Waals surface area contributed by atoms with Crippen LogP contribution >= 0.6 is 0 Å². The molecule has 0 bridgehead atoms. The lowest BCUT2D eigenvalue weighted by atomic mass is 10.1. The second-order valence-corrected chi connectivity index (χ2v) is 6.75. The highest BCUT2D eigenvalue weighted by molar-refractivity contribution is 7.89. The summed E-state index contributed by atoms with van der Waals surface area (Å²) in [5.74, 6) is 0. The second kappa shape index (κ2) is 5.96. The van der Waals surface area contributed by atoms with Crippen molar-refractivity contribution in [3.05, 3.63) is 28.3 Å². The Morgan fingerprint density at radius 2 is 2.19 bits per heavy atom. The van der Waals surface area contributed by atoms with Gasteiger partial charge in [-0.05, 0) is 25.0 Å². The number of methoxy groups -OCH3 is 1. The number of hydrogen-bond acceptors (Lipinski definition) is 6. The molecule has 0 saturated carbocycles. The topological polar surface area (TPSA) is 116 Å². The zero-order valence-electron chi connectivity index (χ0n) is 11.6. The van der Waals surface area contributed by atoms with Crippen molar-refractivity contribution in [2.75, 3.05) is 25.9 Å². The summed E-state index contributed by atoms with van der Waals surface area (Å²) in [7, 11) is -2.42. The summed E-state index contributed by atoms with van der Waals surface area (Å²) in [6, 6.07) is 3.58. The fraction of sp³-hybridized carbons (Fsp3) is 0.500. The standard InChI is InChI=1S/C12H17N3O5S/c1-20-10-3-2-6-14(8-10)21(18,19)12-5-4-9(13)7-11(12)15(16)17/h4-5,7,10H,2-3,6,8,13H2,1H3. The van der Waals surface area contributed by atoms with E-state index in [1.54, 1.807) is 0 Å². The van der Waals surface area contributed by atoms with E-state index >= 15 is 0 Å². The molecule has 0 aliphatic carbocycles. The lowest BCUT2D eigenvalue weighted by Gasteiger charge is -2.30. The molecule has 0 aromatic heterocycles. The van der Waals surface area contributed by atoms with Crippen LogP contribution in [0.5, 0.6) is 0 Å². The van der Waals surface area contributed by atoms with E-state index in [-0.39, 0.29) is 23.2 Å². The summed E-state index contributed by atoms with van der Waals surface area (Å²) >= 11 is 0. The highest BCUT2D eigenvalue weighted by Gasteiger charge is 2.34. The molecular weight excluding hydrogens is 298 g/mol. The van der Waals surface area contributed by atoms with Crippen LogP contribution in [0.2, 0.25) is 0 Å². The Morgan fingerprint density at radius 3 is 2.81 bits per heavy atom. The maximum Gasteiger partial charge on any atom is 0.291 e. The molecule has 1 aromatic carbocycles. The molecule has 1 aliphatic heterocycles. The van der Waals surface area contributed by atoms with E-state index in [0.29, 0.717) is 13.0 Å². The first-order valence-corrected chi connectivity index (χ1v) is 7.87. The quantitative estimate of drug-likeness (QED) is 0.503. The van der Waals surface area contributed by atoms with Gasteiger partial charge < -0.3 is 10.5 Å². The smallest absolute Gasteiger partial charge is 0.291 e. The van der Waals surface area contributed by atoms with Crippen molar-refractivity contribution in [3.8, 4) is 0 Å². The minimum Gasteiger partial charge on any atom is -0.399 e.